The molecule has 0 unspecified atom stereocenters. The van der Waals surface area contributed by atoms with Crippen LogP contribution >= 0.6 is 35.0 Å². The molecule has 2 heterocycles. The molecule has 0 atom stereocenters. The number of benzene rings is 2. The van der Waals surface area contributed by atoms with Crippen molar-refractivity contribution in [1.29, 1.82) is 0 Å². The molecule has 0 spiro atoms. The molecule has 134 valence electrons. The maximum absolute atomic E-state index is 11.8. The minimum Gasteiger partial charge on any atom is -0.457 e. The van der Waals surface area contributed by atoms with Crippen molar-refractivity contribution in [3.05, 3.63) is 81.4 Å². The fourth-order valence-electron chi connectivity index (χ4n) is 2.54. The van der Waals surface area contributed by atoms with Crippen molar-refractivity contribution in [1.82, 2.24) is 5.32 Å². The Balaban J connectivity index is 1.67. The molecular formula is C20H12Cl2N2O2S. The molecule has 7 heteroatoms. The number of thioether (sulfide) groups is 1. The summed E-state index contributed by atoms with van der Waals surface area (Å²) in [6.45, 7) is 0. The number of amidine groups is 1. The van der Waals surface area contributed by atoms with Gasteiger partial charge in [-0.15, -0.1) is 0 Å². The summed E-state index contributed by atoms with van der Waals surface area (Å²) in [7, 11) is 0. The van der Waals surface area contributed by atoms with E-state index in [1.165, 1.54) is 0 Å². The zero-order valence-corrected chi connectivity index (χ0v) is 16.1. The number of amides is 1. The number of furan rings is 1. The highest BCUT2D eigenvalue weighted by atomic mass is 35.5. The smallest absolute Gasteiger partial charge is 0.289 e. The van der Waals surface area contributed by atoms with Crippen molar-refractivity contribution in [2.45, 2.75) is 0 Å². The molecule has 27 heavy (non-hydrogen) atoms. The summed E-state index contributed by atoms with van der Waals surface area (Å²) in [5.74, 6) is 1.67. The number of para-hydroxylation sites is 1. The van der Waals surface area contributed by atoms with E-state index >= 15 is 0 Å². The van der Waals surface area contributed by atoms with Crippen LogP contribution in [0.2, 0.25) is 10.0 Å². The van der Waals surface area contributed by atoms with Gasteiger partial charge in [0.1, 0.15) is 17.4 Å². The van der Waals surface area contributed by atoms with Gasteiger partial charge in [0, 0.05) is 5.56 Å². The predicted molar refractivity (Wildman–Crippen MR) is 112 cm³/mol. The second-order valence-electron chi connectivity index (χ2n) is 5.62. The molecule has 1 aromatic heterocycles. The topological polar surface area (TPSA) is 54.6 Å². The van der Waals surface area contributed by atoms with E-state index in [1.54, 1.807) is 12.1 Å². The third kappa shape index (κ3) is 3.95. The number of nitrogens with zero attached hydrogens (tertiary/aromatic N) is 1. The summed E-state index contributed by atoms with van der Waals surface area (Å²) in [5, 5.41) is 3.47. The largest absolute Gasteiger partial charge is 0.457 e. The first-order valence-corrected chi connectivity index (χ1v) is 9.56. The highest BCUT2D eigenvalue weighted by Crippen LogP contribution is 2.35. The van der Waals surface area contributed by atoms with E-state index in [9.17, 15) is 4.79 Å². The van der Waals surface area contributed by atoms with Gasteiger partial charge in [-0.2, -0.15) is 0 Å². The van der Waals surface area contributed by atoms with Gasteiger partial charge in [-0.1, -0.05) is 47.5 Å². The fourth-order valence-corrected chi connectivity index (χ4v) is 3.65. The number of carbonyl (C=O) groups is 1. The highest BCUT2D eigenvalue weighted by Gasteiger charge is 2.24. The monoisotopic (exact) mass is 414 g/mol. The van der Waals surface area contributed by atoms with Crippen molar-refractivity contribution in [3.8, 4) is 11.3 Å². The van der Waals surface area contributed by atoms with E-state index in [2.05, 4.69) is 10.3 Å². The summed E-state index contributed by atoms with van der Waals surface area (Å²) in [6, 6.07) is 18.4. The normalized spacial score (nSPS) is 16.9. The number of hydrogen-bond acceptors (Lipinski definition) is 4. The Morgan fingerprint density at radius 1 is 1.00 bits per heavy atom. The van der Waals surface area contributed by atoms with Crippen LogP contribution in [-0.4, -0.2) is 11.1 Å². The molecule has 1 amide bonds. The van der Waals surface area contributed by atoms with Crippen molar-refractivity contribution >= 4 is 57.8 Å². The molecule has 1 saturated heterocycles. The molecular weight excluding hydrogens is 403 g/mol. The van der Waals surface area contributed by atoms with E-state index in [0.29, 0.717) is 37.9 Å². The van der Waals surface area contributed by atoms with Gasteiger partial charge in [0.15, 0.2) is 0 Å². The first-order valence-electron chi connectivity index (χ1n) is 7.99. The fraction of sp³-hybridized carbons (Fsp3) is 0. The Hall–Kier alpha value is -2.47. The van der Waals surface area contributed by atoms with Crippen LogP contribution in [0.3, 0.4) is 0 Å². The van der Waals surface area contributed by atoms with Crippen molar-refractivity contribution in [3.63, 3.8) is 0 Å². The maximum Gasteiger partial charge on any atom is 0.289 e. The molecule has 4 nitrogen and oxygen atoms in total. The molecule has 4 rings (SSSR count). The number of halogens is 2. The molecule has 0 bridgehead atoms. The molecule has 1 fully saturated rings. The zero-order chi connectivity index (χ0) is 18.8. The van der Waals surface area contributed by atoms with Gasteiger partial charge >= 0.3 is 0 Å². The lowest BCUT2D eigenvalue weighted by Gasteiger charge is -2.02. The van der Waals surface area contributed by atoms with Gasteiger partial charge < -0.3 is 9.73 Å². The van der Waals surface area contributed by atoms with Crippen LogP contribution in [-0.2, 0) is 0 Å². The second kappa shape index (κ2) is 7.64. The predicted octanol–water partition coefficient (Wildman–Crippen LogP) is 6.78. The van der Waals surface area contributed by atoms with Crippen LogP contribution in [0.25, 0.3) is 17.4 Å². The maximum atomic E-state index is 11.8. The molecule has 3 aromatic rings. The number of rotatable bonds is 3. The lowest BCUT2D eigenvalue weighted by Crippen LogP contribution is -2.18. The van der Waals surface area contributed by atoms with E-state index in [4.69, 9.17) is 27.6 Å². The molecule has 0 saturated carbocycles. The first-order chi connectivity index (χ1) is 13.1. The van der Waals surface area contributed by atoms with Crippen LogP contribution in [0.5, 0.6) is 0 Å². The average molecular weight is 415 g/mol. The third-order valence-electron chi connectivity index (χ3n) is 3.77. The number of carbonyl (C=O) groups excluding carboxylic acids is 1. The minimum atomic E-state index is -0.180. The standard InChI is InChI=1S/C20H12Cl2N2O2S/c21-15-8-4-7-14(18(15)22)16-10-9-13(26-16)11-17-19(24-20(25)27-17)23-12-5-2-1-3-6-12/h1-11H,(H,23,24,25). The van der Waals surface area contributed by atoms with Gasteiger partial charge in [0.05, 0.1) is 20.6 Å². The Bertz CT molecular complexity index is 1070. The summed E-state index contributed by atoms with van der Waals surface area (Å²) in [5.41, 5.74) is 1.47. The molecule has 0 aliphatic carbocycles. The third-order valence-corrected chi connectivity index (χ3v) is 5.41. The molecule has 1 aliphatic heterocycles. The van der Waals surface area contributed by atoms with Crippen LogP contribution < -0.4 is 5.32 Å². The van der Waals surface area contributed by atoms with Gasteiger partial charge in [0.25, 0.3) is 5.24 Å². The molecule has 1 aliphatic rings. The van der Waals surface area contributed by atoms with Gasteiger partial charge in [0.2, 0.25) is 0 Å². The first kappa shape index (κ1) is 17.9. The van der Waals surface area contributed by atoms with Crippen LogP contribution in [0.1, 0.15) is 5.76 Å². The Kier molecular flexibility index (Phi) is 5.07. The van der Waals surface area contributed by atoms with Gasteiger partial charge in [-0.05, 0) is 54.2 Å². The molecule has 1 N–H and O–H groups in total. The quantitative estimate of drug-likeness (QED) is 0.513. The van der Waals surface area contributed by atoms with E-state index in [0.717, 1.165) is 17.4 Å². The summed E-state index contributed by atoms with van der Waals surface area (Å²) in [4.78, 5) is 17.0. The summed E-state index contributed by atoms with van der Waals surface area (Å²) >= 11 is 13.4. The number of hydrogen-bond donors (Lipinski definition) is 1. The lowest BCUT2D eigenvalue weighted by molar-refractivity contribution is 0.265. The minimum absolute atomic E-state index is 0.180. The second-order valence-corrected chi connectivity index (χ2v) is 7.42. The molecule has 2 aromatic carbocycles. The molecule has 0 radical (unpaired) electrons. The SMILES string of the molecule is O=C1NC(=Nc2ccccc2)C(=Cc2ccc(-c3cccc(Cl)c3Cl)o2)S1. The average Bonchev–Trinajstić information content (AvgIpc) is 3.25. The van der Waals surface area contributed by atoms with Crippen molar-refractivity contribution in [2.24, 2.45) is 4.99 Å². The highest BCUT2D eigenvalue weighted by molar-refractivity contribution is 8.18. The summed E-state index contributed by atoms with van der Waals surface area (Å²) < 4.78 is 5.87. The van der Waals surface area contributed by atoms with Crippen molar-refractivity contribution in [2.75, 3.05) is 0 Å². The van der Waals surface area contributed by atoms with E-state index < -0.39 is 0 Å². The Morgan fingerprint density at radius 3 is 2.63 bits per heavy atom. The zero-order valence-electron chi connectivity index (χ0n) is 13.8. The van der Waals surface area contributed by atoms with E-state index in [1.807, 2.05) is 54.6 Å². The number of nitrogens with one attached hydrogen (secondary N) is 1. The van der Waals surface area contributed by atoms with E-state index in [-0.39, 0.29) is 5.24 Å². The van der Waals surface area contributed by atoms with Crippen LogP contribution in [0.15, 0.2) is 75.0 Å². The van der Waals surface area contributed by atoms with Gasteiger partial charge in [-0.25, -0.2) is 4.99 Å². The van der Waals surface area contributed by atoms with Crippen LogP contribution in [0.4, 0.5) is 10.5 Å². The Labute approximate surface area is 169 Å². The van der Waals surface area contributed by atoms with Gasteiger partial charge in [-0.3, -0.25) is 4.79 Å². The van der Waals surface area contributed by atoms with Crippen LogP contribution in [0, 0.1) is 0 Å². The Morgan fingerprint density at radius 2 is 1.81 bits per heavy atom. The number of aliphatic imine (C=N–C) groups is 1. The van der Waals surface area contributed by atoms with Crippen molar-refractivity contribution < 1.29 is 9.21 Å². The summed E-state index contributed by atoms with van der Waals surface area (Å²) in [6.07, 6.45) is 1.77. The lowest BCUT2D eigenvalue weighted by atomic mass is 10.2.